The molecule has 2 N–H and O–H groups in total. The van der Waals surface area contributed by atoms with Crippen LogP contribution in [0, 0.1) is 5.92 Å². The van der Waals surface area contributed by atoms with E-state index in [1.807, 2.05) is 45.9 Å². The average molecular weight is 392 g/mol. The van der Waals surface area contributed by atoms with Gasteiger partial charge in [-0.3, -0.25) is 4.79 Å². The number of benzene rings is 1. The molecular weight excluding hydrogens is 362 g/mol. The second-order valence-corrected chi connectivity index (χ2v) is 10.3. The highest BCUT2D eigenvalue weighted by molar-refractivity contribution is 8.77. The van der Waals surface area contributed by atoms with E-state index in [1.54, 1.807) is 0 Å². The summed E-state index contributed by atoms with van der Waals surface area (Å²) < 4.78 is 0. The Morgan fingerprint density at radius 3 is 2.92 bits per heavy atom. The summed E-state index contributed by atoms with van der Waals surface area (Å²) in [6, 6.07) is 7.98. The number of nitrogens with one attached hydrogen (secondary N) is 2. The van der Waals surface area contributed by atoms with Gasteiger partial charge in [0.2, 0.25) is 5.91 Å². The van der Waals surface area contributed by atoms with Gasteiger partial charge in [-0.15, -0.1) is 0 Å². The predicted octanol–water partition coefficient (Wildman–Crippen LogP) is 5.48. The maximum atomic E-state index is 12.5. The molecule has 1 saturated heterocycles. The number of hydrogen-bond acceptors (Lipinski definition) is 4. The van der Waals surface area contributed by atoms with Gasteiger partial charge in [-0.2, -0.15) is 0 Å². The monoisotopic (exact) mass is 391 g/mol. The normalized spacial score (nSPS) is 18.5. The highest BCUT2D eigenvalue weighted by Crippen LogP contribution is 2.39. The van der Waals surface area contributed by atoms with Crippen LogP contribution in [0.2, 0.25) is 0 Å². The van der Waals surface area contributed by atoms with Crippen LogP contribution in [0.15, 0.2) is 24.3 Å². The van der Waals surface area contributed by atoms with E-state index in [0.717, 1.165) is 41.4 Å². The molecule has 1 fully saturated rings. The van der Waals surface area contributed by atoms with Crippen LogP contribution < -0.4 is 5.32 Å². The number of imidazole rings is 1. The summed E-state index contributed by atoms with van der Waals surface area (Å²) in [6.45, 7) is 4.36. The summed E-state index contributed by atoms with van der Waals surface area (Å²) in [5.74, 6) is 2.78. The molecule has 1 amide bonds. The Kier molecular flexibility index (Phi) is 7.32. The van der Waals surface area contributed by atoms with Gasteiger partial charge in [0.05, 0.1) is 17.1 Å². The zero-order valence-corrected chi connectivity index (χ0v) is 17.3. The van der Waals surface area contributed by atoms with E-state index in [2.05, 4.69) is 24.1 Å². The Balaban J connectivity index is 1.52. The molecule has 2 heterocycles. The third-order valence-corrected chi connectivity index (χ3v) is 7.69. The standard InChI is InChI=1S/C20H29N3OS2/c1-14(2)13-18(20-22-16-8-4-5-9-17(16)23-20)21-19(24)10-6-3-7-15-11-12-25-26-15/h4-5,8-9,14-15,18H,3,6-7,10-13H2,1-2H3,(H,21,24)(H,22,23)/t15-,18-/m0/s1. The molecular formula is C20H29N3OS2. The lowest BCUT2D eigenvalue weighted by Crippen LogP contribution is -2.30. The van der Waals surface area contributed by atoms with Crippen LogP contribution in [0.25, 0.3) is 11.0 Å². The van der Waals surface area contributed by atoms with Gasteiger partial charge in [0, 0.05) is 17.4 Å². The first-order valence-electron chi connectivity index (χ1n) is 9.64. The number of H-pyrrole nitrogens is 1. The van der Waals surface area contributed by atoms with Gasteiger partial charge in [-0.1, -0.05) is 54.0 Å². The lowest BCUT2D eigenvalue weighted by atomic mass is 10.0. The summed E-state index contributed by atoms with van der Waals surface area (Å²) in [6.07, 6.45) is 6.18. The molecule has 26 heavy (non-hydrogen) atoms. The van der Waals surface area contributed by atoms with Gasteiger partial charge >= 0.3 is 0 Å². The molecule has 6 heteroatoms. The number of hydrogen-bond donors (Lipinski definition) is 2. The molecule has 0 aliphatic carbocycles. The number of fused-ring (bicyclic) bond motifs is 1. The first kappa shape index (κ1) is 19.6. The lowest BCUT2D eigenvalue weighted by Gasteiger charge is -2.19. The zero-order chi connectivity index (χ0) is 18.4. The number of unbranched alkanes of at least 4 members (excludes halogenated alkanes) is 1. The minimum Gasteiger partial charge on any atom is -0.346 e. The van der Waals surface area contributed by atoms with Gasteiger partial charge in [-0.05, 0) is 43.7 Å². The van der Waals surface area contributed by atoms with E-state index in [-0.39, 0.29) is 11.9 Å². The third-order valence-electron chi connectivity index (χ3n) is 4.69. The van der Waals surface area contributed by atoms with Crippen molar-refractivity contribution < 1.29 is 4.79 Å². The summed E-state index contributed by atoms with van der Waals surface area (Å²) in [7, 11) is 4.01. The fourth-order valence-corrected chi connectivity index (χ4v) is 6.36. The van der Waals surface area contributed by atoms with Gasteiger partial charge in [0.1, 0.15) is 5.82 Å². The van der Waals surface area contributed by atoms with Crippen LogP contribution in [0.5, 0.6) is 0 Å². The van der Waals surface area contributed by atoms with Gasteiger partial charge < -0.3 is 10.3 Å². The van der Waals surface area contributed by atoms with Gasteiger partial charge in [0.15, 0.2) is 0 Å². The zero-order valence-electron chi connectivity index (χ0n) is 15.7. The summed E-state index contributed by atoms with van der Waals surface area (Å²) in [4.78, 5) is 20.5. The summed E-state index contributed by atoms with van der Waals surface area (Å²) in [5.41, 5.74) is 1.98. The van der Waals surface area contributed by atoms with Gasteiger partial charge in [-0.25, -0.2) is 4.98 Å². The molecule has 2 atom stereocenters. The minimum absolute atomic E-state index is 0.0447. The molecule has 3 rings (SSSR count). The van der Waals surface area contributed by atoms with Crippen LogP contribution in [0.1, 0.15) is 64.2 Å². The van der Waals surface area contributed by atoms with Crippen molar-refractivity contribution in [2.24, 2.45) is 5.92 Å². The van der Waals surface area contributed by atoms with Crippen LogP contribution >= 0.6 is 21.6 Å². The lowest BCUT2D eigenvalue weighted by molar-refractivity contribution is -0.122. The van der Waals surface area contributed by atoms with E-state index in [4.69, 9.17) is 4.98 Å². The molecule has 4 nitrogen and oxygen atoms in total. The molecule has 0 saturated carbocycles. The van der Waals surface area contributed by atoms with Crippen molar-refractivity contribution in [3.8, 4) is 0 Å². The van der Waals surface area contributed by atoms with Gasteiger partial charge in [0.25, 0.3) is 0 Å². The van der Waals surface area contributed by atoms with Crippen molar-refractivity contribution in [2.45, 2.75) is 63.7 Å². The number of nitrogens with zero attached hydrogens (tertiary/aromatic N) is 1. The van der Waals surface area contributed by atoms with E-state index < -0.39 is 0 Å². The summed E-state index contributed by atoms with van der Waals surface area (Å²) in [5, 5.41) is 4.01. The molecule has 1 aliphatic heterocycles. The molecule has 0 spiro atoms. The first-order chi connectivity index (χ1) is 12.6. The van der Waals surface area contributed by atoms with Crippen LogP contribution in [-0.2, 0) is 4.79 Å². The molecule has 0 bridgehead atoms. The van der Waals surface area contributed by atoms with Crippen molar-refractivity contribution in [2.75, 3.05) is 5.75 Å². The van der Waals surface area contributed by atoms with Crippen molar-refractivity contribution in [3.63, 3.8) is 0 Å². The fraction of sp³-hybridized carbons (Fsp3) is 0.600. The quantitative estimate of drug-likeness (QED) is 0.439. The number of carbonyl (C=O) groups is 1. The molecule has 1 aliphatic rings. The molecule has 1 aromatic carbocycles. The Morgan fingerprint density at radius 1 is 1.35 bits per heavy atom. The highest BCUT2D eigenvalue weighted by Gasteiger charge is 2.20. The van der Waals surface area contributed by atoms with Crippen LogP contribution in [0.4, 0.5) is 0 Å². The molecule has 2 aromatic rings. The number of amides is 1. The van der Waals surface area contributed by atoms with E-state index in [1.165, 1.54) is 18.6 Å². The highest BCUT2D eigenvalue weighted by atomic mass is 33.1. The second kappa shape index (κ2) is 9.70. The third kappa shape index (κ3) is 5.68. The van der Waals surface area contributed by atoms with Crippen molar-refractivity contribution in [3.05, 3.63) is 30.1 Å². The SMILES string of the molecule is CC(C)C[C@H](NC(=O)CCCC[C@H]1CCSS1)c1nc2ccccc2[nH]1. The number of aromatic nitrogens is 2. The van der Waals surface area contributed by atoms with E-state index >= 15 is 0 Å². The number of aromatic amines is 1. The second-order valence-electron chi connectivity index (χ2n) is 7.46. The maximum absolute atomic E-state index is 12.5. The topological polar surface area (TPSA) is 57.8 Å². The summed E-state index contributed by atoms with van der Waals surface area (Å²) >= 11 is 0. The Bertz CT molecular complexity index is 677. The van der Waals surface area contributed by atoms with Crippen LogP contribution in [-0.4, -0.2) is 26.9 Å². The molecule has 1 aromatic heterocycles. The van der Waals surface area contributed by atoms with E-state index in [0.29, 0.717) is 12.3 Å². The van der Waals surface area contributed by atoms with Crippen LogP contribution in [0.3, 0.4) is 0 Å². The largest absolute Gasteiger partial charge is 0.346 e. The number of para-hydroxylation sites is 2. The molecule has 142 valence electrons. The van der Waals surface area contributed by atoms with Crippen molar-refractivity contribution in [1.82, 2.24) is 15.3 Å². The molecule has 0 unspecified atom stereocenters. The number of carbonyl (C=O) groups excluding carboxylic acids is 1. The van der Waals surface area contributed by atoms with Crippen molar-refractivity contribution >= 4 is 38.5 Å². The molecule has 0 radical (unpaired) electrons. The minimum atomic E-state index is -0.0447. The van der Waals surface area contributed by atoms with E-state index in [9.17, 15) is 4.79 Å². The Hall–Kier alpha value is -1.14. The van der Waals surface area contributed by atoms with Crippen molar-refractivity contribution in [1.29, 1.82) is 0 Å². The first-order valence-corrected chi connectivity index (χ1v) is 12.0. The fourth-order valence-electron chi connectivity index (χ4n) is 3.34. The predicted molar refractivity (Wildman–Crippen MR) is 113 cm³/mol. The maximum Gasteiger partial charge on any atom is 0.220 e. The number of rotatable bonds is 9. The Morgan fingerprint density at radius 2 is 2.19 bits per heavy atom. The Labute approximate surface area is 164 Å². The smallest absolute Gasteiger partial charge is 0.220 e. The average Bonchev–Trinajstić information content (AvgIpc) is 3.27.